The molecule has 168 valence electrons. The fourth-order valence-electron chi connectivity index (χ4n) is 3.97. The van der Waals surface area contributed by atoms with Crippen LogP contribution in [0.3, 0.4) is 0 Å². The van der Waals surface area contributed by atoms with Crippen LogP contribution in [0.1, 0.15) is 49.4 Å². The number of hydrogen-bond acceptors (Lipinski definition) is 4. The molecular weight excluding hydrogens is 434 g/mol. The third-order valence-electron chi connectivity index (χ3n) is 5.64. The quantitative estimate of drug-likeness (QED) is 0.535. The Hall–Kier alpha value is -2.09. The molecule has 1 saturated heterocycles. The van der Waals surface area contributed by atoms with Gasteiger partial charge in [0.25, 0.3) is 15.9 Å². The van der Waals surface area contributed by atoms with Crippen LogP contribution in [0.4, 0.5) is 5.69 Å². The molecule has 1 aliphatic heterocycles. The molecule has 2 aromatic carbocycles. The fraction of sp³-hybridized carbons (Fsp3) is 0.435. The van der Waals surface area contributed by atoms with E-state index in [9.17, 15) is 13.2 Å². The number of carbonyl (C=O) groups excluding carboxylic acids is 1. The SMILES string of the molecule is CCC1CCCCN1CCCNC(=O)c1cc(NS(=O)(=O)c2ccccc2)ccc1Cl. The van der Waals surface area contributed by atoms with Gasteiger partial charge < -0.3 is 10.2 Å². The molecule has 31 heavy (non-hydrogen) atoms. The molecule has 8 heteroatoms. The van der Waals surface area contributed by atoms with Crippen LogP contribution in [0.2, 0.25) is 5.02 Å². The second-order valence-electron chi connectivity index (χ2n) is 7.82. The van der Waals surface area contributed by atoms with Gasteiger partial charge in [0.05, 0.1) is 15.5 Å². The first kappa shape index (κ1) is 23.6. The molecule has 0 saturated carbocycles. The minimum atomic E-state index is -3.74. The number of nitrogens with zero attached hydrogens (tertiary/aromatic N) is 1. The van der Waals surface area contributed by atoms with E-state index in [4.69, 9.17) is 11.6 Å². The monoisotopic (exact) mass is 463 g/mol. The Kier molecular flexibility index (Phi) is 8.35. The van der Waals surface area contributed by atoms with E-state index in [1.807, 2.05) is 0 Å². The van der Waals surface area contributed by atoms with Gasteiger partial charge >= 0.3 is 0 Å². The third-order valence-corrected chi connectivity index (χ3v) is 7.37. The van der Waals surface area contributed by atoms with Crippen LogP contribution < -0.4 is 10.0 Å². The van der Waals surface area contributed by atoms with Gasteiger partial charge in [-0.15, -0.1) is 0 Å². The molecule has 0 aliphatic carbocycles. The average molecular weight is 464 g/mol. The normalized spacial score (nSPS) is 17.3. The van der Waals surface area contributed by atoms with E-state index in [1.165, 1.54) is 43.5 Å². The van der Waals surface area contributed by atoms with Crippen molar-refractivity contribution in [3.05, 3.63) is 59.1 Å². The summed E-state index contributed by atoms with van der Waals surface area (Å²) >= 11 is 6.21. The molecule has 0 radical (unpaired) electrons. The Morgan fingerprint density at radius 1 is 1.16 bits per heavy atom. The van der Waals surface area contributed by atoms with Crippen LogP contribution in [0, 0.1) is 0 Å². The highest BCUT2D eigenvalue weighted by Crippen LogP contribution is 2.23. The van der Waals surface area contributed by atoms with E-state index in [-0.39, 0.29) is 27.1 Å². The van der Waals surface area contributed by atoms with Crippen molar-refractivity contribution in [2.75, 3.05) is 24.4 Å². The smallest absolute Gasteiger partial charge is 0.261 e. The lowest BCUT2D eigenvalue weighted by Gasteiger charge is -2.35. The van der Waals surface area contributed by atoms with Gasteiger partial charge in [-0.2, -0.15) is 0 Å². The maximum absolute atomic E-state index is 12.6. The molecule has 1 atom stereocenters. The molecule has 1 fully saturated rings. The summed E-state index contributed by atoms with van der Waals surface area (Å²) in [6.07, 6.45) is 5.82. The second kappa shape index (κ2) is 11.0. The first-order valence-electron chi connectivity index (χ1n) is 10.8. The number of halogens is 1. The summed E-state index contributed by atoms with van der Waals surface area (Å²) in [5, 5.41) is 3.19. The molecular formula is C23H30ClN3O3S. The largest absolute Gasteiger partial charge is 0.352 e. The summed E-state index contributed by atoms with van der Waals surface area (Å²) in [4.78, 5) is 15.3. The first-order valence-corrected chi connectivity index (χ1v) is 12.7. The molecule has 0 bridgehead atoms. The fourth-order valence-corrected chi connectivity index (χ4v) is 5.25. The lowest BCUT2D eigenvalue weighted by molar-refractivity contribution is 0.0947. The molecule has 1 unspecified atom stereocenters. The maximum atomic E-state index is 12.6. The summed E-state index contributed by atoms with van der Waals surface area (Å²) < 4.78 is 27.6. The summed E-state index contributed by atoms with van der Waals surface area (Å²) in [6, 6.07) is 13.3. The highest BCUT2D eigenvalue weighted by molar-refractivity contribution is 7.92. The molecule has 2 aromatic rings. The van der Waals surface area contributed by atoms with Gasteiger partial charge in [0.15, 0.2) is 0 Å². The van der Waals surface area contributed by atoms with Crippen LogP contribution in [0.5, 0.6) is 0 Å². The standard InChI is InChI=1S/C23H30ClN3O3S/c1-2-19-9-6-7-15-27(19)16-8-14-25-23(28)21-17-18(12-13-22(21)24)26-31(29,30)20-10-4-3-5-11-20/h3-5,10-13,17,19,26H,2,6-9,14-16H2,1H3,(H,25,28). The number of amides is 1. The highest BCUT2D eigenvalue weighted by Gasteiger charge is 2.20. The second-order valence-corrected chi connectivity index (χ2v) is 9.91. The van der Waals surface area contributed by atoms with Crippen molar-refractivity contribution >= 4 is 33.2 Å². The number of rotatable bonds is 9. The molecule has 1 amide bonds. The van der Waals surface area contributed by atoms with Crippen molar-refractivity contribution in [3.63, 3.8) is 0 Å². The number of benzene rings is 2. The van der Waals surface area contributed by atoms with Crippen molar-refractivity contribution < 1.29 is 13.2 Å². The van der Waals surface area contributed by atoms with E-state index < -0.39 is 10.0 Å². The minimum Gasteiger partial charge on any atom is -0.352 e. The van der Waals surface area contributed by atoms with Gasteiger partial charge in [0.2, 0.25) is 0 Å². The number of sulfonamides is 1. The number of hydrogen-bond donors (Lipinski definition) is 2. The van der Waals surface area contributed by atoms with Crippen LogP contribution in [-0.4, -0.2) is 44.9 Å². The Morgan fingerprint density at radius 3 is 2.68 bits per heavy atom. The van der Waals surface area contributed by atoms with Gasteiger partial charge in [-0.25, -0.2) is 8.42 Å². The Morgan fingerprint density at radius 2 is 1.94 bits per heavy atom. The number of carbonyl (C=O) groups is 1. The van der Waals surface area contributed by atoms with E-state index in [1.54, 1.807) is 24.3 Å². The predicted molar refractivity (Wildman–Crippen MR) is 125 cm³/mol. The van der Waals surface area contributed by atoms with Crippen molar-refractivity contribution in [2.45, 2.75) is 50.0 Å². The molecule has 0 spiro atoms. The van der Waals surface area contributed by atoms with Crippen LogP contribution in [0.25, 0.3) is 0 Å². The van der Waals surface area contributed by atoms with Gasteiger partial charge in [0.1, 0.15) is 0 Å². The molecule has 6 nitrogen and oxygen atoms in total. The minimum absolute atomic E-state index is 0.152. The molecule has 1 aliphatic rings. The molecule has 2 N–H and O–H groups in total. The van der Waals surface area contributed by atoms with Crippen LogP contribution in [0.15, 0.2) is 53.4 Å². The number of piperidine rings is 1. The third kappa shape index (κ3) is 6.45. The van der Waals surface area contributed by atoms with Gasteiger partial charge in [-0.1, -0.05) is 43.1 Å². The molecule has 0 aromatic heterocycles. The topological polar surface area (TPSA) is 78.5 Å². The van der Waals surface area contributed by atoms with Crippen LogP contribution in [-0.2, 0) is 10.0 Å². The summed E-state index contributed by atoms with van der Waals surface area (Å²) in [5.41, 5.74) is 0.539. The van der Waals surface area contributed by atoms with Crippen molar-refractivity contribution in [3.8, 4) is 0 Å². The van der Waals surface area contributed by atoms with Crippen molar-refractivity contribution in [2.24, 2.45) is 0 Å². The highest BCUT2D eigenvalue weighted by atomic mass is 35.5. The van der Waals surface area contributed by atoms with E-state index >= 15 is 0 Å². The number of nitrogens with one attached hydrogen (secondary N) is 2. The predicted octanol–water partition coefficient (Wildman–Crippen LogP) is 4.53. The first-order chi connectivity index (χ1) is 14.9. The Balaban J connectivity index is 1.57. The van der Waals surface area contributed by atoms with Crippen LogP contribution >= 0.6 is 11.6 Å². The van der Waals surface area contributed by atoms with Gasteiger partial charge in [-0.3, -0.25) is 9.52 Å². The van der Waals surface area contributed by atoms with E-state index in [0.29, 0.717) is 12.6 Å². The maximum Gasteiger partial charge on any atom is 0.261 e. The molecule has 3 rings (SSSR count). The number of likely N-dealkylation sites (tertiary alicyclic amines) is 1. The van der Waals surface area contributed by atoms with Crippen molar-refractivity contribution in [1.82, 2.24) is 10.2 Å². The zero-order valence-corrected chi connectivity index (χ0v) is 19.4. The number of anilines is 1. The zero-order valence-electron chi connectivity index (χ0n) is 17.8. The van der Waals surface area contributed by atoms with E-state index in [0.717, 1.165) is 25.9 Å². The lowest BCUT2D eigenvalue weighted by atomic mass is 10.00. The van der Waals surface area contributed by atoms with Crippen molar-refractivity contribution in [1.29, 1.82) is 0 Å². The zero-order chi connectivity index (χ0) is 22.3. The summed E-state index contributed by atoms with van der Waals surface area (Å²) in [5.74, 6) is -0.309. The average Bonchev–Trinajstić information content (AvgIpc) is 2.78. The summed E-state index contributed by atoms with van der Waals surface area (Å²) in [6.45, 7) is 4.86. The Labute approximate surface area is 190 Å². The van der Waals surface area contributed by atoms with Gasteiger partial charge in [0, 0.05) is 24.8 Å². The summed E-state index contributed by atoms with van der Waals surface area (Å²) in [7, 11) is -3.74. The van der Waals surface area contributed by atoms with Gasteiger partial charge in [-0.05, 0) is 62.6 Å². The van der Waals surface area contributed by atoms with E-state index in [2.05, 4.69) is 21.9 Å². The lowest BCUT2D eigenvalue weighted by Crippen LogP contribution is -2.40. The Bertz CT molecular complexity index is 983. The molecule has 1 heterocycles.